The zero-order chi connectivity index (χ0) is 32.2. The van der Waals surface area contributed by atoms with E-state index in [-0.39, 0.29) is 18.1 Å². The van der Waals surface area contributed by atoms with Crippen molar-refractivity contribution in [3.05, 3.63) is 65.2 Å². The van der Waals surface area contributed by atoms with Crippen molar-refractivity contribution in [3.63, 3.8) is 0 Å². The Hall–Kier alpha value is -3.06. The molecule has 2 aromatic heterocycles. The zero-order valence-electron chi connectivity index (χ0n) is 25.5. The van der Waals surface area contributed by atoms with Crippen LogP contribution in [0.25, 0.3) is 0 Å². The summed E-state index contributed by atoms with van der Waals surface area (Å²) >= 11 is 1.40. The summed E-state index contributed by atoms with van der Waals surface area (Å²) < 4.78 is 40.2. The van der Waals surface area contributed by atoms with E-state index >= 15 is 0 Å². The fraction of sp³-hybridized carbons (Fsp3) is 0.679. The number of fused-ring (bicyclic) bond motifs is 2. The normalized spacial score (nSPS) is 36.5. The SMILES string of the molecule is Cc1cn([C@@H]2O[C@H](C[C@@H]3SCC(=O)N3[C@H]3O[C@@H](n4cc(C)c(=O)[nH]c4=O)[C@@H]4OC(C)(C)O[C@@H]43)[C@H]3OC(C)(C)O[C@H]32)c(=O)[nH]c1=O. The minimum absolute atomic E-state index is 0.167. The third-order valence-corrected chi connectivity index (χ3v) is 9.89. The molecule has 5 aliphatic heterocycles. The number of nitrogens with zero attached hydrogens (tertiary/aromatic N) is 3. The third-order valence-electron chi connectivity index (χ3n) is 8.68. The lowest BCUT2D eigenvalue weighted by molar-refractivity contribution is -0.219. The van der Waals surface area contributed by atoms with Crippen LogP contribution in [0, 0.1) is 13.8 Å². The molecule has 9 atom stereocenters. The van der Waals surface area contributed by atoms with Gasteiger partial charge in [0.25, 0.3) is 11.1 Å². The van der Waals surface area contributed by atoms with E-state index in [1.165, 1.54) is 33.3 Å². The van der Waals surface area contributed by atoms with Gasteiger partial charge in [-0.05, 0) is 41.5 Å². The second-order valence-electron chi connectivity index (χ2n) is 12.9. The summed E-state index contributed by atoms with van der Waals surface area (Å²) in [5.74, 6) is -2.03. The van der Waals surface area contributed by atoms with E-state index in [1.54, 1.807) is 46.4 Å². The molecule has 2 N–H and O–H groups in total. The Bertz CT molecular complexity index is 1780. The molecule has 7 heterocycles. The summed E-state index contributed by atoms with van der Waals surface area (Å²) in [5.41, 5.74) is -1.67. The average Bonchev–Trinajstić information content (AvgIpc) is 3.71. The molecule has 0 saturated carbocycles. The first kappa shape index (κ1) is 30.6. The maximum absolute atomic E-state index is 13.5. The van der Waals surface area contributed by atoms with E-state index in [0.29, 0.717) is 11.1 Å². The number of aromatic amines is 2. The number of aryl methyl sites for hydroxylation is 2. The first-order chi connectivity index (χ1) is 21.1. The second-order valence-corrected chi connectivity index (χ2v) is 14.0. The second kappa shape index (κ2) is 10.5. The molecule has 45 heavy (non-hydrogen) atoms. The highest BCUT2D eigenvalue weighted by Gasteiger charge is 2.61. The van der Waals surface area contributed by atoms with Crippen molar-refractivity contribution in [2.45, 2.75) is 114 Å². The van der Waals surface area contributed by atoms with Crippen LogP contribution in [-0.2, 0) is 33.2 Å². The van der Waals surface area contributed by atoms with Gasteiger partial charge in [-0.15, -0.1) is 11.8 Å². The molecule has 5 aliphatic rings. The Morgan fingerprint density at radius 1 is 0.733 bits per heavy atom. The molecule has 0 unspecified atom stereocenters. The monoisotopic (exact) mass is 649 g/mol. The molecule has 16 nitrogen and oxygen atoms in total. The fourth-order valence-electron chi connectivity index (χ4n) is 6.80. The summed E-state index contributed by atoms with van der Waals surface area (Å²) in [6.45, 7) is 10.2. The molecule has 5 fully saturated rings. The number of H-pyrrole nitrogens is 2. The number of amides is 1. The molecule has 0 aliphatic carbocycles. The molecule has 2 aromatic rings. The smallest absolute Gasteiger partial charge is 0.330 e. The summed E-state index contributed by atoms with van der Waals surface area (Å²) in [6.07, 6.45) is -3.03. The van der Waals surface area contributed by atoms with E-state index in [0.717, 1.165) is 0 Å². The van der Waals surface area contributed by atoms with Crippen LogP contribution in [0.3, 0.4) is 0 Å². The molecule has 7 rings (SSSR count). The summed E-state index contributed by atoms with van der Waals surface area (Å²) in [4.78, 5) is 69.4. The first-order valence-electron chi connectivity index (χ1n) is 14.7. The van der Waals surface area contributed by atoms with Crippen molar-refractivity contribution in [2.24, 2.45) is 0 Å². The minimum atomic E-state index is -1.03. The summed E-state index contributed by atoms with van der Waals surface area (Å²) in [7, 11) is 0. The topological polar surface area (TPSA) is 185 Å². The van der Waals surface area contributed by atoms with Crippen LogP contribution < -0.4 is 22.5 Å². The Morgan fingerprint density at radius 3 is 1.76 bits per heavy atom. The third kappa shape index (κ3) is 5.14. The van der Waals surface area contributed by atoms with E-state index in [4.69, 9.17) is 28.4 Å². The Labute approximate surface area is 259 Å². The molecular weight excluding hydrogens is 614 g/mol. The van der Waals surface area contributed by atoms with Gasteiger partial charge in [0, 0.05) is 29.9 Å². The van der Waals surface area contributed by atoms with E-state index in [9.17, 15) is 24.0 Å². The highest BCUT2D eigenvalue weighted by molar-refractivity contribution is 8.01. The number of rotatable bonds is 5. The lowest BCUT2D eigenvalue weighted by Crippen LogP contribution is -2.50. The standard InChI is InChI=1S/C28H35N5O11S/c1-11-8-31(25(37)29-20(11)35)22-17-16(41-27(3,4)42-17)13(39-22)7-15-33(14(34)10-45-15)24-19-18(43-28(5,6)44-19)23(40-24)32-9-12(2)21(36)30-26(32)38/h8-9,13,15-19,22-24H,7,10H2,1-6H3,(H,29,35,37)(H,30,36,38)/t13-,15+,16-,17-,18-,19+,22-,23-,24+/m1/s1. The molecule has 0 aromatic carbocycles. The van der Waals surface area contributed by atoms with Gasteiger partial charge in [-0.25, -0.2) is 9.59 Å². The largest absolute Gasteiger partial charge is 0.349 e. The van der Waals surface area contributed by atoms with Gasteiger partial charge in [0.1, 0.15) is 24.4 Å². The van der Waals surface area contributed by atoms with Crippen molar-refractivity contribution in [3.8, 4) is 0 Å². The highest BCUT2D eigenvalue weighted by Crippen LogP contribution is 2.49. The molecule has 1 amide bonds. The van der Waals surface area contributed by atoms with Crippen LogP contribution in [0.5, 0.6) is 0 Å². The van der Waals surface area contributed by atoms with Crippen molar-refractivity contribution >= 4 is 17.7 Å². The molecule has 244 valence electrons. The summed E-state index contributed by atoms with van der Waals surface area (Å²) in [5, 5.41) is -0.464. The van der Waals surface area contributed by atoms with Crippen LogP contribution in [0.2, 0.25) is 0 Å². The number of aromatic nitrogens is 4. The number of thioether (sulfide) groups is 1. The van der Waals surface area contributed by atoms with Crippen LogP contribution in [0.1, 0.15) is 57.7 Å². The first-order valence-corrected chi connectivity index (χ1v) is 15.8. The predicted molar refractivity (Wildman–Crippen MR) is 155 cm³/mol. The van der Waals surface area contributed by atoms with Crippen LogP contribution in [0.4, 0.5) is 0 Å². The van der Waals surface area contributed by atoms with Gasteiger partial charge in [-0.1, -0.05) is 0 Å². The maximum Gasteiger partial charge on any atom is 0.330 e. The van der Waals surface area contributed by atoms with Gasteiger partial charge < -0.3 is 33.3 Å². The Balaban J connectivity index is 1.19. The molecule has 0 spiro atoms. The van der Waals surface area contributed by atoms with Gasteiger partial charge >= 0.3 is 11.4 Å². The average molecular weight is 650 g/mol. The lowest BCUT2D eigenvalue weighted by Gasteiger charge is -2.34. The lowest BCUT2D eigenvalue weighted by atomic mass is 10.1. The van der Waals surface area contributed by atoms with Gasteiger partial charge in [-0.2, -0.15) is 0 Å². The quantitative estimate of drug-likeness (QED) is 0.435. The Morgan fingerprint density at radius 2 is 1.20 bits per heavy atom. The highest BCUT2D eigenvalue weighted by atomic mass is 32.2. The number of hydrogen-bond donors (Lipinski definition) is 2. The number of carbonyl (C=O) groups is 1. The number of nitrogens with one attached hydrogen (secondary N) is 2. The minimum Gasteiger partial charge on any atom is -0.349 e. The Kier molecular flexibility index (Phi) is 7.12. The van der Waals surface area contributed by atoms with Crippen LogP contribution in [0.15, 0.2) is 31.6 Å². The van der Waals surface area contributed by atoms with E-state index < -0.39 is 88.6 Å². The predicted octanol–water partition coefficient (Wildman–Crippen LogP) is -0.212. The summed E-state index contributed by atoms with van der Waals surface area (Å²) in [6, 6.07) is 0. The van der Waals surface area contributed by atoms with E-state index in [2.05, 4.69) is 9.97 Å². The molecule has 5 saturated heterocycles. The van der Waals surface area contributed by atoms with Crippen LogP contribution in [-0.4, -0.2) is 89.4 Å². The van der Waals surface area contributed by atoms with Crippen LogP contribution >= 0.6 is 11.8 Å². The number of carbonyl (C=O) groups excluding carboxylic acids is 1. The molecular formula is C28H35N5O11S. The zero-order valence-corrected chi connectivity index (χ0v) is 26.3. The van der Waals surface area contributed by atoms with Crippen molar-refractivity contribution < 1.29 is 33.2 Å². The van der Waals surface area contributed by atoms with Gasteiger partial charge in [0.05, 0.1) is 17.2 Å². The number of ether oxygens (including phenoxy) is 6. The molecule has 0 radical (unpaired) electrons. The fourth-order valence-corrected chi connectivity index (χ4v) is 8.00. The maximum atomic E-state index is 13.5. The number of hydrogen-bond acceptors (Lipinski definition) is 12. The van der Waals surface area contributed by atoms with Crippen molar-refractivity contribution in [1.29, 1.82) is 0 Å². The van der Waals surface area contributed by atoms with Gasteiger partial charge in [-0.3, -0.25) is 33.5 Å². The van der Waals surface area contributed by atoms with E-state index in [1.807, 2.05) is 0 Å². The van der Waals surface area contributed by atoms with Gasteiger partial charge in [0.2, 0.25) is 5.91 Å². The van der Waals surface area contributed by atoms with Crippen molar-refractivity contribution in [1.82, 2.24) is 24.0 Å². The molecule has 0 bridgehead atoms. The molecule has 17 heteroatoms. The van der Waals surface area contributed by atoms with Crippen molar-refractivity contribution in [2.75, 3.05) is 5.75 Å². The van der Waals surface area contributed by atoms with Gasteiger partial charge in [0.15, 0.2) is 30.3 Å².